The van der Waals surface area contributed by atoms with Crippen molar-refractivity contribution in [3.05, 3.63) is 96.6 Å². The summed E-state index contributed by atoms with van der Waals surface area (Å²) in [6, 6.07) is 33.2. The number of nitrogens with zero attached hydrogens (tertiary/aromatic N) is 1. The van der Waals surface area contributed by atoms with Crippen LogP contribution in [0.5, 0.6) is 0 Å². The number of hydrogen-bond donors (Lipinski definition) is 0. The Balaban J connectivity index is 1.42. The van der Waals surface area contributed by atoms with Crippen LogP contribution in [0.2, 0.25) is 0 Å². The van der Waals surface area contributed by atoms with Crippen LogP contribution in [0.1, 0.15) is 38.3 Å². The average Bonchev–Trinajstić information content (AvgIpc) is 3.36. The normalized spacial score (nSPS) is 29.8. The molecule has 2 nitrogen and oxygen atoms in total. The summed E-state index contributed by atoms with van der Waals surface area (Å²) in [7, 11) is -0.491. The summed E-state index contributed by atoms with van der Waals surface area (Å²) in [5.74, 6) is 2.87. The largest absolute Gasteiger partial charge is 0.478 e. The van der Waals surface area contributed by atoms with Crippen LogP contribution >= 0.6 is 7.92 Å². The van der Waals surface area contributed by atoms with Crippen LogP contribution in [0.3, 0.4) is 0 Å². The summed E-state index contributed by atoms with van der Waals surface area (Å²) in [6.07, 6.45) is 2.58. The van der Waals surface area contributed by atoms with Gasteiger partial charge in [0.2, 0.25) is 0 Å². The third-order valence-electron chi connectivity index (χ3n) is 8.46. The molecule has 1 aliphatic heterocycles. The lowest BCUT2D eigenvalue weighted by molar-refractivity contribution is -0.0860. The van der Waals surface area contributed by atoms with E-state index in [9.17, 15) is 0 Å². The second-order valence-corrected chi connectivity index (χ2v) is 12.9. The maximum atomic E-state index is 6.46. The van der Waals surface area contributed by atoms with Gasteiger partial charge in [0.05, 0.1) is 0 Å². The molecular formula is C30H32NOP. The van der Waals surface area contributed by atoms with Gasteiger partial charge in [-0.3, -0.25) is 0 Å². The van der Waals surface area contributed by atoms with Crippen LogP contribution < -0.4 is 10.6 Å². The first-order valence-corrected chi connectivity index (χ1v) is 13.7. The molecule has 0 radical (unpaired) electrons. The Hall–Kier alpha value is -2.44. The molecule has 0 unspecified atom stereocenters. The molecule has 3 saturated carbocycles. The van der Waals surface area contributed by atoms with Crippen molar-refractivity contribution in [2.45, 2.75) is 38.4 Å². The zero-order valence-electron chi connectivity index (χ0n) is 19.5. The summed E-state index contributed by atoms with van der Waals surface area (Å²) < 4.78 is 6.46. The Morgan fingerprint density at radius 1 is 0.788 bits per heavy atom. The summed E-state index contributed by atoms with van der Waals surface area (Å²) >= 11 is 0. The molecule has 0 N–H and O–H groups in total. The van der Waals surface area contributed by atoms with E-state index in [-0.39, 0.29) is 6.04 Å². The molecule has 2 bridgehead atoms. The summed E-state index contributed by atoms with van der Waals surface area (Å²) in [4.78, 5) is 5.25. The number of benzene rings is 3. The summed E-state index contributed by atoms with van der Waals surface area (Å²) in [6.45, 7) is 5.63. The van der Waals surface area contributed by atoms with E-state index in [1.165, 1.54) is 29.0 Å². The number of hydrogen-bond acceptors (Lipinski definition) is 2. The molecule has 3 aromatic rings. The molecule has 0 aromatic heterocycles. The van der Waals surface area contributed by atoms with Crippen molar-refractivity contribution in [1.29, 1.82) is 0 Å². The summed E-state index contributed by atoms with van der Waals surface area (Å²) in [5, 5.41) is 2.96. The predicted molar refractivity (Wildman–Crippen MR) is 139 cm³/mol. The molecule has 3 aromatic carbocycles. The van der Waals surface area contributed by atoms with Gasteiger partial charge in [0.1, 0.15) is 12.6 Å². The van der Waals surface area contributed by atoms with Gasteiger partial charge in [-0.15, -0.1) is 0 Å². The molecule has 33 heavy (non-hydrogen) atoms. The van der Waals surface area contributed by atoms with Crippen LogP contribution in [0.4, 0.5) is 0 Å². The fourth-order valence-electron chi connectivity index (χ4n) is 6.50. The molecule has 1 heterocycles. The lowest BCUT2D eigenvalue weighted by Gasteiger charge is -2.63. The van der Waals surface area contributed by atoms with Gasteiger partial charge in [-0.1, -0.05) is 105 Å². The van der Waals surface area contributed by atoms with Crippen LogP contribution in [-0.2, 0) is 4.74 Å². The fraction of sp³-hybridized carbons (Fsp3) is 0.367. The SMILES string of the molecule is CC1(C)[C@H]2C[C@H](P(c3ccccc3)c3ccccc3)[C@@H](C3=N[C@@H](c4ccccc4)CO3)[C@@H]1C2. The first kappa shape index (κ1) is 21.1. The fourth-order valence-corrected chi connectivity index (χ4v) is 9.68. The van der Waals surface area contributed by atoms with Gasteiger partial charge in [0.25, 0.3) is 0 Å². The van der Waals surface area contributed by atoms with E-state index in [2.05, 4.69) is 105 Å². The smallest absolute Gasteiger partial charge is 0.188 e. The van der Waals surface area contributed by atoms with Crippen molar-refractivity contribution < 1.29 is 4.74 Å². The highest BCUT2D eigenvalue weighted by Gasteiger charge is 2.61. The minimum absolute atomic E-state index is 0.127. The lowest BCUT2D eigenvalue weighted by Crippen LogP contribution is -2.59. The summed E-state index contributed by atoms with van der Waals surface area (Å²) in [5.41, 5.74) is 2.19. The second-order valence-electron chi connectivity index (χ2n) is 10.4. The van der Waals surface area contributed by atoms with Crippen LogP contribution in [0, 0.1) is 23.2 Å². The first-order valence-electron chi connectivity index (χ1n) is 12.3. The third-order valence-corrected chi connectivity index (χ3v) is 11.4. The number of aliphatic imine (C=N–C) groups is 1. The minimum Gasteiger partial charge on any atom is -0.478 e. The van der Waals surface area contributed by atoms with E-state index in [4.69, 9.17) is 9.73 Å². The highest BCUT2D eigenvalue weighted by Crippen LogP contribution is 2.67. The quantitative estimate of drug-likeness (QED) is 0.413. The Morgan fingerprint density at radius 2 is 1.36 bits per heavy atom. The molecule has 7 rings (SSSR count). The van der Waals surface area contributed by atoms with Gasteiger partial charge in [-0.05, 0) is 59.8 Å². The maximum absolute atomic E-state index is 6.46. The van der Waals surface area contributed by atoms with Crippen molar-refractivity contribution in [3.63, 3.8) is 0 Å². The van der Waals surface area contributed by atoms with Gasteiger partial charge in [-0.2, -0.15) is 0 Å². The molecule has 0 amide bonds. The van der Waals surface area contributed by atoms with E-state index >= 15 is 0 Å². The number of fused-ring (bicyclic) bond motifs is 2. The van der Waals surface area contributed by atoms with Crippen LogP contribution in [0.25, 0.3) is 0 Å². The topological polar surface area (TPSA) is 21.6 Å². The lowest BCUT2D eigenvalue weighted by atomic mass is 9.45. The monoisotopic (exact) mass is 453 g/mol. The van der Waals surface area contributed by atoms with E-state index in [0.29, 0.717) is 29.5 Å². The molecule has 0 saturated heterocycles. The maximum Gasteiger partial charge on any atom is 0.188 e. The van der Waals surface area contributed by atoms with Gasteiger partial charge in [-0.25, -0.2) is 4.99 Å². The minimum atomic E-state index is -0.491. The number of ether oxygens (including phenoxy) is 1. The average molecular weight is 454 g/mol. The van der Waals surface area contributed by atoms with Crippen molar-refractivity contribution in [1.82, 2.24) is 0 Å². The zero-order valence-corrected chi connectivity index (χ0v) is 20.4. The van der Waals surface area contributed by atoms with Gasteiger partial charge < -0.3 is 4.74 Å². The van der Waals surface area contributed by atoms with Gasteiger partial charge in [0, 0.05) is 5.92 Å². The molecule has 5 atom stereocenters. The second kappa shape index (κ2) is 8.41. The molecule has 4 aliphatic rings. The van der Waals surface area contributed by atoms with E-state index in [1.54, 1.807) is 0 Å². The molecule has 3 heteroatoms. The Morgan fingerprint density at radius 3 is 1.94 bits per heavy atom. The van der Waals surface area contributed by atoms with E-state index < -0.39 is 7.92 Å². The molecular weight excluding hydrogens is 421 g/mol. The molecule has 168 valence electrons. The zero-order chi connectivity index (χ0) is 22.4. The first-order chi connectivity index (χ1) is 16.1. The Kier molecular flexibility index (Phi) is 5.38. The molecule has 3 aliphatic carbocycles. The highest BCUT2D eigenvalue weighted by molar-refractivity contribution is 7.73. The van der Waals surface area contributed by atoms with Crippen molar-refractivity contribution in [3.8, 4) is 0 Å². The van der Waals surface area contributed by atoms with Crippen LogP contribution in [-0.4, -0.2) is 18.2 Å². The Bertz CT molecular complexity index is 1090. The Labute approximate surface area is 198 Å². The molecule has 3 fully saturated rings. The van der Waals surface area contributed by atoms with E-state index in [0.717, 1.165) is 11.8 Å². The third kappa shape index (κ3) is 3.64. The van der Waals surface area contributed by atoms with Crippen molar-refractivity contribution in [2.75, 3.05) is 6.61 Å². The van der Waals surface area contributed by atoms with Crippen molar-refractivity contribution >= 4 is 24.4 Å². The molecule has 0 spiro atoms. The highest BCUT2D eigenvalue weighted by atomic mass is 31.1. The van der Waals surface area contributed by atoms with Gasteiger partial charge in [0.15, 0.2) is 5.90 Å². The van der Waals surface area contributed by atoms with Crippen LogP contribution in [0.15, 0.2) is 96.0 Å². The standard InChI is InChI=1S/C30H32NOP/c1-30(2)22-18-25(30)28(29-31-26(20-32-29)21-12-6-3-7-13-21)27(19-22)33(23-14-8-4-9-15-23)24-16-10-5-11-17-24/h3-17,22,25-28H,18-20H2,1-2H3/t22-,25+,26-,27+,28+/m1/s1. The number of rotatable bonds is 5. The predicted octanol–water partition coefficient (Wildman–Crippen LogP) is 6.34. The van der Waals surface area contributed by atoms with Crippen molar-refractivity contribution in [2.24, 2.45) is 28.2 Å². The van der Waals surface area contributed by atoms with E-state index in [1.807, 2.05) is 0 Å². The van der Waals surface area contributed by atoms with Gasteiger partial charge >= 0.3 is 0 Å².